The molecule has 0 atom stereocenters. The highest BCUT2D eigenvalue weighted by Gasteiger charge is 2.22. The Kier molecular flexibility index (Phi) is 7.16. The molecule has 9 heteroatoms. The molecular weight excluding hydrogens is 354 g/mol. The van der Waals surface area contributed by atoms with E-state index in [2.05, 4.69) is 9.97 Å². The monoisotopic (exact) mass is 373 g/mol. The van der Waals surface area contributed by atoms with E-state index in [1.807, 2.05) is 4.90 Å². The second kappa shape index (κ2) is 9.12. The number of ether oxygens (including phenoxy) is 3. The van der Waals surface area contributed by atoms with Crippen molar-refractivity contribution in [2.75, 3.05) is 52.0 Å². The van der Waals surface area contributed by atoms with Crippen LogP contribution in [0.1, 0.15) is 17.3 Å². The number of fused-ring (bicyclic) bond motifs is 1. The van der Waals surface area contributed by atoms with Gasteiger partial charge in [0.25, 0.3) is 0 Å². The van der Waals surface area contributed by atoms with Crippen molar-refractivity contribution in [3.05, 3.63) is 16.2 Å². The van der Waals surface area contributed by atoms with Crippen molar-refractivity contribution >= 4 is 44.9 Å². The quantitative estimate of drug-likeness (QED) is 0.494. The van der Waals surface area contributed by atoms with Crippen LogP contribution in [0.2, 0.25) is 5.28 Å². The van der Waals surface area contributed by atoms with Crippen LogP contribution in [0.15, 0.2) is 5.38 Å². The average molecular weight is 374 g/mol. The molecule has 0 bridgehead atoms. The van der Waals surface area contributed by atoms with Crippen molar-refractivity contribution in [1.82, 2.24) is 9.97 Å². The highest BCUT2D eigenvalue weighted by molar-refractivity contribution is 7.17. The van der Waals surface area contributed by atoms with E-state index < -0.39 is 5.97 Å². The molecule has 0 saturated carbocycles. The van der Waals surface area contributed by atoms with E-state index in [1.54, 1.807) is 26.5 Å². The zero-order valence-electron chi connectivity index (χ0n) is 13.9. The highest BCUT2D eigenvalue weighted by atomic mass is 35.5. The number of carbonyl (C=O) groups excluding carboxylic acids is 1. The van der Waals surface area contributed by atoms with Gasteiger partial charge in [0.15, 0.2) is 0 Å². The smallest absolute Gasteiger partial charge is 0.339 e. The number of thiophene rings is 1. The highest BCUT2D eigenvalue weighted by Crippen LogP contribution is 2.33. The lowest BCUT2D eigenvalue weighted by molar-refractivity contribution is 0.0529. The minimum Gasteiger partial charge on any atom is -0.462 e. The molecule has 0 amide bonds. The topological polar surface area (TPSA) is 73.8 Å². The van der Waals surface area contributed by atoms with Gasteiger partial charge in [-0.15, -0.1) is 11.3 Å². The zero-order chi connectivity index (χ0) is 17.5. The van der Waals surface area contributed by atoms with Crippen LogP contribution in [-0.2, 0) is 14.2 Å². The van der Waals surface area contributed by atoms with E-state index in [0.717, 1.165) is 0 Å². The third kappa shape index (κ3) is 4.32. The maximum atomic E-state index is 12.2. The number of esters is 1. The number of carbonyl (C=O) groups is 1. The van der Waals surface area contributed by atoms with E-state index in [1.165, 1.54) is 11.3 Å². The van der Waals surface area contributed by atoms with E-state index in [9.17, 15) is 4.79 Å². The maximum absolute atomic E-state index is 12.2. The summed E-state index contributed by atoms with van der Waals surface area (Å²) in [7, 11) is 3.26. The Morgan fingerprint density at radius 2 is 1.92 bits per heavy atom. The summed E-state index contributed by atoms with van der Waals surface area (Å²) in [5, 5.41) is 2.51. The molecule has 0 N–H and O–H groups in total. The van der Waals surface area contributed by atoms with E-state index in [4.69, 9.17) is 25.8 Å². The lowest BCUT2D eigenvalue weighted by Gasteiger charge is -2.24. The van der Waals surface area contributed by atoms with Gasteiger partial charge in [0.05, 0.1) is 30.8 Å². The van der Waals surface area contributed by atoms with Crippen LogP contribution in [0, 0.1) is 0 Å². The molecule has 132 valence electrons. The molecule has 2 rings (SSSR count). The molecular formula is C15H20ClN3O4S. The largest absolute Gasteiger partial charge is 0.462 e. The van der Waals surface area contributed by atoms with Crippen LogP contribution in [0.3, 0.4) is 0 Å². The molecule has 2 heterocycles. The molecule has 0 spiro atoms. The fraction of sp³-hybridized carbons (Fsp3) is 0.533. The number of halogens is 1. The van der Waals surface area contributed by atoms with E-state index in [-0.39, 0.29) is 5.28 Å². The summed E-state index contributed by atoms with van der Waals surface area (Å²) in [6, 6.07) is 0. The van der Waals surface area contributed by atoms with Crippen LogP contribution >= 0.6 is 22.9 Å². The number of hydrogen-bond donors (Lipinski definition) is 0. The Hall–Kier alpha value is -1.48. The molecule has 0 saturated heterocycles. The van der Waals surface area contributed by atoms with Crippen molar-refractivity contribution in [3.8, 4) is 0 Å². The Morgan fingerprint density at radius 3 is 2.50 bits per heavy atom. The van der Waals surface area contributed by atoms with Crippen molar-refractivity contribution in [3.63, 3.8) is 0 Å². The first kappa shape index (κ1) is 18.9. The van der Waals surface area contributed by atoms with E-state index >= 15 is 0 Å². The van der Waals surface area contributed by atoms with Gasteiger partial charge >= 0.3 is 5.97 Å². The zero-order valence-corrected chi connectivity index (χ0v) is 15.4. The third-order valence-corrected chi connectivity index (χ3v) is 4.35. The van der Waals surface area contributed by atoms with Gasteiger partial charge in [-0.1, -0.05) is 0 Å². The Labute approximate surface area is 149 Å². The first-order chi connectivity index (χ1) is 11.6. The second-order valence-electron chi connectivity index (χ2n) is 4.84. The Balaban J connectivity index is 2.51. The molecule has 0 aliphatic carbocycles. The number of anilines is 1. The van der Waals surface area contributed by atoms with Gasteiger partial charge < -0.3 is 19.1 Å². The molecule has 2 aromatic rings. The molecule has 0 aromatic carbocycles. The van der Waals surface area contributed by atoms with Crippen LogP contribution in [-0.4, -0.2) is 63.1 Å². The molecule has 0 radical (unpaired) electrons. The Bertz CT molecular complexity index is 687. The van der Waals surface area contributed by atoms with Gasteiger partial charge in [0, 0.05) is 32.7 Å². The number of methoxy groups -OCH3 is 2. The first-order valence-electron chi connectivity index (χ1n) is 7.47. The van der Waals surface area contributed by atoms with Gasteiger partial charge in [-0.25, -0.2) is 9.78 Å². The summed E-state index contributed by atoms with van der Waals surface area (Å²) >= 11 is 7.40. The molecule has 7 nitrogen and oxygen atoms in total. The normalized spacial score (nSPS) is 11.0. The van der Waals surface area contributed by atoms with Crippen LogP contribution in [0.4, 0.5) is 5.82 Å². The maximum Gasteiger partial charge on any atom is 0.339 e. The summed E-state index contributed by atoms with van der Waals surface area (Å²) in [5.41, 5.74) is 0.448. The van der Waals surface area contributed by atoms with Crippen molar-refractivity contribution < 1.29 is 19.0 Å². The molecule has 2 aromatic heterocycles. The van der Waals surface area contributed by atoms with Gasteiger partial charge in [-0.2, -0.15) is 4.98 Å². The van der Waals surface area contributed by atoms with Crippen LogP contribution < -0.4 is 4.90 Å². The predicted octanol–water partition coefficient (Wildman–Crippen LogP) is 2.62. The third-order valence-electron chi connectivity index (χ3n) is 3.31. The SMILES string of the molecule is CCOC(=O)c1csc2nc(Cl)nc(N(CCOC)CCOC)c12. The van der Waals surface area contributed by atoms with Crippen molar-refractivity contribution in [2.45, 2.75) is 6.92 Å². The molecule has 24 heavy (non-hydrogen) atoms. The standard InChI is InChI=1S/C15H20ClN3O4S/c1-4-23-14(20)10-9-24-13-11(10)12(17-15(16)18-13)19(5-7-21-2)6-8-22-3/h9H,4-8H2,1-3H3. The summed E-state index contributed by atoms with van der Waals surface area (Å²) in [6.45, 7) is 4.25. The minimum absolute atomic E-state index is 0.134. The van der Waals surface area contributed by atoms with Crippen molar-refractivity contribution in [2.24, 2.45) is 0 Å². The minimum atomic E-state index is -0.394. The molecule has 0 unspecified atom stereocenters. The fourth-order valence-electron chi connectivity index (χ4n) is 2.21. The number of aromatic nitrogens is 2. The lowest BCUT2D eigenvalue weighted by atomic mass is 10.2. The van der Waals surface area contributed by atoms with Gasteiger partial charge in [0.1, 0.15) is 10.6 Å². The fourth-order valence-corrected chi connectivity index (χ4v) is 3.33. The second-order valence-corrected chi connectivity index (χ2v) is 6.04. The van der Waals surface area contributed by atoms with Crippen molar-refractivity contribution in [1.29, 1.82) is 0 Å². The molecule has 0 fully saturated rings. The number of hydrogen-bond acceptors (Lipinski definition) is 8. The first-order valence-corrected chi connectivity index (χ1v) is 8.72. The van der Waals surface area contributed by atoms with Crippen LogP contribution in [0.25, 0.3) is 10.2 Å². The number of rotatable bonds is 9. The predicted molar refractivity (Wildman–Crippen MR) is 94.3 cm³/mol. The summed E-state index contributed by atoms with van der Waals surface area (Å²) in [6.07, 6.45) is 0. The summed E-state index contributed by atoms with van der Waals surface area (Å²) in [4.78, 5) is 23.4. The lowest BCUT2D eigenvalue weighted by Crippen LogP contribution is -2.31. The molecule has 0 aliphatic heterocycles. The Morgan fingerprint density at radius 1 is 1.25 bits per heavy atom. The molecule has 0 aliphatic rings. The number of nitrogens with zero attached hydrogens (tertiary/aromatic N) is 3. The average Bonchev–Trinajstić information content (AvgIpc) is 2.98. The van der Waals surface area contributed by atoms with Gasteiger partial charge in [-0.05, 0) is 18.5 Å². The van der Waals surface area contributed by atoms with Gasteiger partial charge in [-0.3, -0.25) is 0 Å². The van der Waals surface area contributed by atoms with E-state index in [0.29, 0.717) is 54.5 Å². The summed E-state index contributed by atoms with van der Waals surface area (Å²) in [5.74, 6) is 0.192. The van der Waals surface area contributed by atoms with Crippen LogP contribution in [0.5, 0.6) is 0 Å². The van der Waals surface area contributed by atoms with Gasteiger partial charge in [0.2, 0.25) is 5.28 Å². The summed E-state index contributed by atoms with van der Waals surface area (Å²) < 4.78 is 15.5.